The molecule has 45 heavy (non-hydrogen) atoms. The Kier molecular flexibility index (Phi) is 11.8. The summed E-state index contributed by atoms with van der Waals surface area (Å²) in [7, 11) is -0.0363. The number of aromatic amines is 1. The SMILES string of the molecule is Cn1cc(-c2c[nH]c3ncc(N)cc23)cn1.Cn1cc(-c2cn(S(=O)(=O)c3ccccc3)c3ncc(Br)cc23)cn1.N.[Cu].[O]=[Cu]. The maximum atomic E-state index is 13.1. The number of nitrogen functional groups attached to an aromatic ring is 1. The molecule has 0 atom stereocenters. The molecular formula is C28H27BrCu2N10O3S. The summed E-state index contributed by atoms with van der Waals surface area (Å²) in [6.45, 7) is 0. The van der Waals surface area contributed by atoms with Crippen LogP contribution in [0.25, 0.3) is 44.3 Å². The second-order valence-electron chi connectivity index (χ2n) is 9.35. The van der Waals surface area contributed by atoms with E-state index in [1.54, 1.807) is 64.5 Å². The summed E-state index contributed by atoms with van der Waals surface area (Å²) >= 11 is 6.34. The van der Waals surface area contributed by atoms with E-state index < -0.39 is 10.0 Å². The minimum atomic E-state index is -3.75. The molecule has 0 aliphatic carbocycles. The van der Waals surface area contributed by atoms with Crippen LogP contribution in [0.3, 0.4) is 0 Å². The number of pyridine rings is 2. The van der Waals surface area contributed by atoms with E-state index in [-0.39, 0.29) is 28.1 Å². The number of hydrogen-bond acceptors (Lipinski definition) is 9. The van der Waals surface area contributed by atoms with Gasteiger partial charge in [0, 0.05) is 99.6 Å². The summed E-state index contributed by atoms with van der Waals surface area (Å²) in [5, 5.41) is 10.1. The van der Waals surface area contributed by atoms with Gasteiger partial charge in [0.25, 0.3) is 10.0 Å². The van der Waals surface area contributed by atoms with Crippen LogP contribution in [0, 0.1) is 0 Å². The van der Waals surface area contributed by atoms with Crippen molar-refractivity contribution in [1.29, 1.82) is 0 Å². The molecule has 7 aromatic rings. The first kappa shape index (κ1) is 35.5. The molecule has 0 unspecified atom stereocenters. The van der Waals surface area contributed by atoms with Crippen molar-refractivity contribution in [1.82, 2.24) is 44.6 Å². The third kappa shape index (κ3) is 7.31. The number of aromatic nitrogens is 8. The average molecular weight is 791 g/mol. The van der Waals surface area contributed by atoms with Gasteiger partial charge in [-0.05, 0) is 40.2 Å². The van der Waals surface area contributed by atoms with Gasteiger partial charge in [0.1, 0.15) is 5.65 Å². The molecule has 0 spiro atoms. The predicted octanol–water partition coefficient (Wildman–Crippen LogP) is 5.02. The molecule has 1 radical (unpaired) electrons. The molecule has 17 heteroatoms. The molecule has 0 bridgehead atoms. The number of benzene rings is 1. The van der Waals surface area contributed by atoms with E-state index in [9.17, 15) is 8.42 Å². The fourth-order valence-electron chi connectivity index (χ4n) is 4.55. The van der Waals surface area contributed by atoms with E-state index in [2.05, 4.69) is 57.0 Å². The molecule has 0 amide bonds. The van der Waals surface area contributed by atoms with Gasteiger partial charge >= 0.3 is 19.8 Å². The zero-order valence-electron chi connectivity index (χ0n) is 23.7. The number of nitrogens with zero attached hydrogens (tertiary/aromatic N) is 7. The van der Waals surface area contributed by atoms with Crippen molar-refractivity contribution in [2.75, 3.05) is 5.73 Å². The quantitative estimate of drug-likeness (QED) is 0.205. The number of nitrogens with two attached hydrogens (primary N) is 1. The second-order valence-corrected chi connectivity index (χ2v) is 12.1. The Morgan fingerprint density at radius 1 is 0.844 bits per heavy atom. The molecular weight excluding hydrogens is 763 g/mol. The molecule has 6 heterocycles. The van der Waals surface area contributed by atoms with Crippen molar-refractivity contribution in [3.63, 3.8) is 0 Å². The Morgan fingerprint density at radius 2 is 1.47 bits per heavy atom. The van der Waals surface area contributed by atoms with Gasteiger partial charge in [0.15, 0.2) is 5.65 Å². The van der Waals surface area contributed by atoms with E-state index in [1.165, 1.54) is 3.97 Å². The van der Waals surface area contributed by atoms with Crippen LogP contribution < -0.4 is 11.9 Å². The van der Waals surface area contributed by atoms with Crippen LogP contribution in [-0.4, -0.2) is 46.9 Å². The van der Waals surface area contributed by atoms with Crippen LogP contribution >= 0.6 is 15.9 Å². The number of anilines is 1. The van der Waals surface area contributed by atoms with E-state index in [0.29, 0.717) is 11.3 Å². The number of aryl methyl sites for hydroxylation is 2. The van der Waals surface area contributed by atoms with Crippen molar-refractivity contribution in [2.45, 2.75) is 4.90 Å². The van der Waals surface area contributed by atoms with Gasteiger partial charge in [-0.15, -0.1) is 0 Å². The summed E-state index contributed by atoms with van der Waals surface area (Å²) in [5.41, 5.74) is 11.3. The predicted molar refractivity (Wildman–Crippen MR) is 167 cm³/mol. The molecule has 7 rings (SSSR count). The Labute approximate surface area is 285 Å². The number of rotatable bonds is 4. The number of halogens is 1. The van der Waals surface area contributed by atoms with Crippen LogP contribution in [-0.2, 0) is 61.0 Å². The average Bonchev–Trinajstić information content (AvgIpc) is 3.80. The Hall–Kier alpha value is -3.95. The van der Waals surface area contributed by atoms with Gasteiger partial charge in [-0.1, -0.05) is 18.2 Å². The van der Waals surface area contributed by atoms with E-state index >= 15 is 0 Å². The fourth-order valence-corrected chi connectivity index (χ4v) is 6.23. The topological polar surface area (TPSA) is 194 Å². The van der Waals surface area contributed by atoms with Crippen molar-refractivity contribution in [3.8, 4) is 22.3 Å². The normalized spacial score (nSPS) is 10.7. The molecule has 0 saturated carbocycles. The molecule has 0 aliphatic heterocycles. The number of nitrogens with one attached hydrogen (secondary N) is 1. The summed E-state index contributed by atoms with van der Waals surface area (Å²) in [6, 6.07) is 12.1. The van der Waals surface area contributed by atoms with Gasteiger partial charge in [-0.2, -0.15) is 10.2 Å². The first-order chi connectivity index (χ1) is 20.7. The van der Waals surface area contributed by atoms with Crippen molar-refractivity contribution in [2.24, 2.45) is 14.1 Å². The zero-order chi connectivity index (χ0) is 30.7. The number of hydrogen-bond donors (Lipinski definition) is 3. The zero-order valence-corrected chi connectivity index (χ0v) is 28.0. The van der Waals surface area contributed by atoms with Gasteiger partial charge in [0.2, 0.25) is 0 Å². The summed E-state index contributed by atoms with van der Waals surface area (Å²) < 4.78 is 39.4. The molecule has 1 aromatic carbocycles. The second kappa shape index (κ2) is 14.9. The summed E-state index contributed by atoms with van der Waals surface area (Å²) in [6.07, 6.45) is 14.1. The molecule has 242 valence electrons. The van der Waals surface area contributed by atoms with E-state index in [0.717, 1.165) is 43.1 Å². The van der Waals surface area contributed by atoms with Crippen LogP contribution in [0.4, 0.5) is 5.69 Å². The summed E-state index contributed by atoms with van der Waals surface area (Å²) in [4.78, 5) is 11.9. The van der Waals surface area contributed by atoms with Crippen molar-refractivity contribution >= 4 is 53.7 Å². The van der Waals surface area contributed by atoms with Gasteiger partial charge in [0.05, 0.1) is 29.2 Å². The van der Waals surface area contributed by atoms with Gasteiger partial charge in [-0.3, -0.25) is 9.36 Å². The standard InChI is InChI=1S/C17H13BrN4O2S.C11H11N5.2Cu.H3N.O/c1-21-10-12(8-20-21)16-11-22(17-15(16)7-13(18)9-19-17)25(23,24)14-5-3-2-4-6-14;1-16-6-7(3-15-16)10-5-14-11-9(10)2-8(12)4-13-11;;;;/h2-11H,1H3;2-6H,12H2,1H3,(H,13,14);;;1H3;. The van der Waals surface area contributed by atoms with Crippen molar-refractivity contribution in [3.05, 3.63) is 96.5 Å². The third-order valence-electron chi connectivity index (χ3n) is 6.46. The number of H-pyrrole nitrogens is 1. The Morgan fingerprint density at radius 3 is 2.07 bits per heavy atom. The first-order valence-electron chi connectivity index (χ1n) is 12.5. The van der Waals surface area contributed by atoms with Crippen LogP contribution in [0.2, 0.25) is 0 Å². The monoisotopic (exact) mass is 788 g/mol. The Balaban J connectivity index is 0.000000240. The Bertz CT molecular complexity index is 2160. The van der Waals surface area contributed by atoms with E-state index in [4.69, 9.17) is 9.57 Å². The van der Waals surface area contributed by atoms with Crippen LogP contribution in [0.15, 0.2) is 101 Å². The van der Waals surface area contributed by atoms with Gasteiger partial charge in [-0.25, -0.2) is 22.4 Å². The minimum absolute atomic E-state index is 0. The molecule has 6 N–H and O–H groups in total. The van der Waals surface area contributed by atoms with Crippen LogP contribution in [0.1, 0.15) is 0 Å². The molecule has 0 fully saturated rings. The van der Waals surface area contributed by atoms with Gasteiger partial charge < -0.3 is 16.9 Å². The van der Waals surface area contributed by atoms with Crippen LogP contribution in [0.5, 0.6) is 0 Å². The molecule has 6 aromatic heterocycles. The first-order valence-corrected chi connectivity index (χ1v) is 15.1. The maximum absolute atomic E-state index is 13.1. The molecule has 0 aliphatic rings. The summed E-state index contributed by atoms with van der Waals surface area (Å²) in [5.74, 6) is 0. The third-order valence-corrected chi connectivity index (χ3v) is 8.56. The van der Waals surface area contributed by atoms with Crippen molar-refractivity contribution < 1.29 is 45.3 Å². The number of fused-ring (bicyclic) bond motifs is 2. The fraction of sp³-hybridized carbons (Fsp3) is 0.0714. The van der Waals surface area contributed by atoms with E-state index in [1.807, 2.05) is 51.0 Å². The molecule has 13 nitrogen and oxygen atoms in total. The molecule has 0 saturated heterocycles.